The SMILES string of the molecule is CCNC(=NCC1CCCO1)NC1CCN(CC(F)(F)F)C1.I. The number of hydrogen-bond donors (Lipinski definition) is 2. The van der Waals surface area contributed by atoms with Gasteiger partial charge in [-0.2, -0.15) is 13.2 Å². The van der Waals surface area contributed by atoms with E-state index in [-0.39, 0.29) is 36.1 Å². The minimum atomic E-state index is -4.13. The molecule has 0 amide bonds. The fraction of sp³-hybridized carbons (Fsp3) is 0.929. The second kappa shape index (κ2) is 9.87. The number of aliphatic imine (C=N–C) groups is 1. The Bertz CT molecular complexity index is 376. The van der Waals surface area contributed by atoms with Gasteiger partial charge in [0.25, 0.3) is 0 Å². The second-order valence-corrected chi connectivity index (χ2v) is 5.83. The predicted octanol–water partition coefficient (Wildman–Crippen LogP) is 1.98. The topological polar surface area (TPSA) is 48.9 Å². The summed E-state index contributed by atoms with van der Waals surface area (Å²) < 4.78 is 42.7. The summed E-state index contributed by atoms with van der Waals surface area (Å²) in [6, 6.07) is 0.00430. The van der Waals surface area contributed by atoms with Gasteiger partial charge in [0, 0.05) is 32.3 Å². The third kappa shape index (κ3) is 7.88. The summed E-state index contributed by atoms with van der Waals surface area (Å²) in [6.45, 7) is 4.08. The van der Waals surface area contributed by atoms with Crippen LogP contribution in [-0.2, 0) is 4.74 Å². The van der Waals surface area contributed by atoms with E-state index >= 15 is 0 Å². The van der Waals surface area contributed by atoms with E-state index in [1.54, 1.807) is 0 Å². The summed E-state index contributed by atoms with van der Waals surface area (Å²) >= 11 is 0. The molecule has 2 aliphatic rings. The van der Waals surface area contributed by atoms with E-state index in [9.17, 15) is 13.2 Å². The fourth-order valence-electron chi connectivity index (χ4n) is 2.84. The number of halogens is 4. The number of rotatable bonds is 5. The van der Waals surface area contributed by atoms with E-state index in [1.165, 1.54) is 4.90 Å². The Labute approximate surface area is 152 Å². The van der Waals surface area contributed by atoms with E-state index in [0.29, 0.717) is 32.0 Å². The van der Waals surface area contributed by atoms with Crippen LogP contribution in [0.2, 0.25) is 0 Å². The van der Waals surface area contributed by atoms with Crippen molar-refractivity contribution >= 4 is 29.9 Å². The maximum Gasteiger partial charge on any atom is 0.401 e. The standard InChI is InChI=1S/C14H25F3N4O.HI/c1-2-18-13(19-8-12-4-3-7-22-12)20-11-5-6-21(9-11)10-14(15,16)17;/h11-12H,2-10H2,1H3,(H2,18,19,20);1H. The first-order valence-corrected chi connectivity index (χ1v) is 7.92. The zero-order chi connectivity index (χ0) is 16.0. The van der Waals surface area contributed by atoms with E-state index in [1.807, 2.05) is 6.92 Å². The van der Waals surface area contributed by atoms with Crippen LogP contribution < -0.4 is 10.6 Å². The lowest BCUT2D eigenvalue weighted by Gasteiger charge is -2.20. The normalized spacial score (nSPS) is 26.2. The minimum absolute atomic E-state index is 0. The molecule has 23 heavy (non-hydrogen) atoms. The van der Waals surface area contributed by atoms with Crippen LogP contribution in [0.3, 0.4) is 0 Å². The Kier molecular flexibility index (Phi) is 8.91. The Hall–Kier alpha value is -0.290. The van der Waals surface area contributed by atoms with E-state index in [4.69, 9.17) is 4.74 Å². The number of nitrogens with one attached hydrogen (secondary N) is 2. The molecule has 2 N–H and O–H groups in total. The molecule has 2 saturated heterocycles. The average molecular weight is 450 g/mol. The number of guanidine groups is 1. The molecule has 2 unspecified atom stereocenters. The smallest absolute Gasteiger partial charge is 0.376 e. The molecule has 9 heteroatoms. The van der Waals surface area contributed by atoms with Crippen LogP contribution in [0.25, 0.3) is 0 Å². The minimum Gasteiger partial charge on any atom is -0.376 e. The largest absolute Gasteiger partial charge is 0.401 e. The number of hydrogen-bond acceptors (Lipinski definition) is 3. The first-order chi connectivity index (χ1) is 10.5. The maximum atomic E-state index is 12.4. The molecule has 2 heterocycles. The molecular weight excluding hydrogens is 424 g/mol. The molecule has 136 valence electrons. The Morgan fingerprint density at radius 3 is 2.74 bits per heavy atom. The van der Waals surface area contributed by atoms with Gasteiger partial charge in [-0.25, -0.2) is 0 Å². The molecule has 0 spiro atoms. The van der Waals surface area contributed by atoms with Crippen molar-refractivity contribution in [2.45, 2.75) is 44.5 Å². The summed E-state index contributed by atoms with van der Waals surface area (Å²) in [7, 11) is 0. The highest BCUT2D eigenvalue weighted by Crippen LogP contribution is 2.20. The molecule has 2 fully saturated rings. The van der Waals surface area contributed by atoms with Crippen molar-refractivity contribution in [3.8, 4) is 0 Å². The molecule has 5 nitrogen and oxygen atoms in total. The molecule has 0 bridgehead atoms. The van der Waals surface area contributed by atoms with Gasteiger partial charge in [-0.05, 0) is 26.2 Å². The van der Waals surface area contributed by atoms with Crippen molar-refractivity contribution in [2.75, 3.05) is 39.3 Å². The van der Waals surface area contributed by atoms with Crippen LogP contribution in [0.4, 0.5) is 13.2 Å². The molecule has 0 aromatic heterocycles. The molecule has 0 saturated carbocycles. The van der Waals surface area contributed by atoms with Gasteiger partial charge in [-0.3, -0.25) is 9.89 Å². The van der Waals surface area contributed by atoms with Gasteiger partial charge in [0.05, 0.1) is 19.2 Å². The summed E-state index contributed by atoms with van der Waals surface area (Å²) in [6.07, 6.45) is -1.18. The number of alkyl halides is 3. The van der Waals surface area contributed by atoms with Crippen LogP contribution in [0, 0.1) is 0 Å². The monoisotopic (exact) mass is 450 g/mol. The lowest BCUT2D eigenvalue weighted by Crippen LogP contribution is -2.45. The first kappa shape index (κ1) is 20.8. The highest BCUT2D eigenvalue weighted by Gasteiger charge is 2.34. The zero-order valence-electron chi connectivity index (χ0n) is 13.4. The van der Waals surface area contributed by atoms with Crippen molar-refractivity contribution in [1.82, 2.24) is 15.5 Å². The lowest BCUT2D eigenvalue weighted by atomic mass is 10.2. The van der Waals surface area contributed by atoms with E-state index < -0.39 is 12.7 Å². The summed E-state index contributed by atoms with van der Waals surface area (Å²) in [4.78, 5) is 5.92. The molecule has 0 aliphatic carbocycles. The molecule has 0 radical (unpaired) electrons. The highest BCUT2D eigenvalue weighted by atomic mass is 127. The van der Waals surface area contributed by atoms with Crippen LogP contribution in [0.5, 0.6) is 0 Å². The molecule has 2 aliphatic heterocycles. The van der Waals surface area contributed by atoms with Gasteiger partial charge in [-0.15, -0.1) is 24.0 Å². The average Bonchev–Trinajstić information content (AvgIpc) is 3.06. The molecule has 0 aromatic carbocycles. The molecular formula is C14H26F3IN4O. The van der Waals surface area contributed by atoms with Crippen molar-refractivity contribution in [3.05, 3.63) is 0 Å². The van der Waals surface area contributed by atoms with Gasteiger partial charge < -0.3 is 15.4 Å². The van der Waals surface area contributed by atoms with Crippen molar-refractivity contribution < 1.29 is 17.9 Å². The quantitative estimate of drug-likeness (QED) is 0.382. The van der Waals surface area contributed by atoms with Crippen molar-refractivity contribution in [2.24, 2.45) is 4.99 Å². The summed E-state index contributed by atoms with van der Waals surface area (Å²) in [5.74, 6) is 0.664. The third-order valence-electron chi connectivity index (χ3n) is 3.84. The zero-order valence-corrected chi connectivity index (χ0v) is 15.7. The molecule has 0 aromatic rings. The van der Waals surface area contributed by atoms with E-state index in [0.717, 1.165) is 26.0 Å². The predicted molar refractivity (Wildman–Crippen MR) is 94.4 cm³/mol. The van der Waals surface area contributed by atoms with Gasteiger partial charge in [0.1, 0.15) is 0 Å². The fourth-order valence-corrected chi connectivity index (χ4v) is 2.84. The third-order valence-corrected chi connectivity index (χ3v) is 3.84. The Balaban J connectivity index is 0.00000264. The summed E-state index contributed by atoms with van der Waals surface area (Å²) in [5.41, 5.74) is 0. The van der Waals surface area contributed by atoms with Crippen molar-refractivity contribution in [3.63, 3.8) is 0 Å². The van der Waals surface area contributed by atoms with Crippen LogP contribution in [-0.4, -0.2) is 68.5 Å². The highest BCUT2D eigenvalue weighted by molar-refractivity contribution is 14.0. The van der Waals surface area contributed by atoms with Gasteiger partial charge >= 0.3 is 6.18 Å². The van der Waals surface area contributed by atoms with Gasteiger partial charge in [0.15, 0.2) is 5.96 Å². The van der Waals surface area contributed by atoms with Gasteiger partial charge in [0.2, 0.25) is 0 Å². The number of ether oxygens (including phenoxy) is 1. The Morgan fingerprint density at radius 2 is 2.13 bits per heavy atom. The second-order valence-electron chi connectivity index (χ2n) is 5.83. The molecule has 2 atom stereocenters. The van der Waals surface area contributed by atoms with Crippen molar-refractivity contribution in [1.29, 1.82) is 0 Å². The Morgan fingerprint density at radius 1 is 1.35 bits per heavy atom. The van der Waals surface area contributed by atoms with E-state index in [2.05, 4.69) is 15.6 Å². The summed E-state index contributed by atoms with van der Waals surface area (Å²) in [5, 5.41) is 6.37. The molecule has 2 rings (SSSR count). The number of likely N-dealkylation sites (tertiary alicyclic amines) is 1. The first-order valence-electron chi connectivity index (χ1n) is 7.92. The maximum absolute atomic E-state index is 12.4. The van der Waals surface area contributed by atoms with Crippen LogP contribution in [0.15, 0.2) is 4.99 Å². The number of nitrogens with zero attached hydrogens (tertiary/aromatic N) is 2. The lowest BCUT2D eigenvalue weighted by molar-refractivity contribution is -0.143. The van der Waals surface area contributed by atoms with Crippen LogP contribution >= 0.6 is 24.0 Å². The van der Waals surface area contributed by atoms with Crippen LogP contribution in [0.1, 0.15) is 26.2 Å². The van der Waals surface area contributed by atoms with Gasteiger partial charge in [-0.1, -0.05) is 0 Å².